The summed E-state index contributed by atoms with van der Waals surface area (Å²) in [6.07, 6.45) is 3.62. The standard InChI is InChI=1S/C14H23N3O/c1-3-4-7-11(2)16-10-12-8-5-6-9-13(12)14(15)17-18/h5-6,8-9,11,16,18H,3-4,7,10H2,1-2H3,(H2,15,17). The maximum Gasteiger partial charge on any atom is 0.170 e. The van der Waals surface area contributed by atoms with E-state index in [1.54, 1.807) is 0 Å². The van der Waals surface area contributed by atoms with Crippen molar-refractivity contribution in [1.82, 2.24) is 5.32 Å². The van der Waals surface area contributed by atoms with Crippen LogP contribution in [-0.2, 0) is 6.54 Å². The summed E-state index contributed by atoms with van der Waals surface area (Å²) in [4.78, 5) is 0. The third kappa shape index (κ3) is 4.37. The molecule has 0 amide bonds. The molecule has 0 aromatic heterocycles. The Morgan fingerprint density at radius 1 is 1.44 bits per heavy atom. The average molecular weight is 249 g/mol. The van der Waals surface area contributed by atoms with E-state index in [0.29, 0.717) is 6.04 Å². The molecule has 0 fully saturated rings. The molecule has 0 radical (unpaired) electrons. The Bertz CT molecular complexity index is 390. The fraction of sp³-hybridized carbons (Fsp3) is 0.500. The predicted octanol–water partition coefficient (Wildman–Crippen LogP) is 2.45. The maximum absolute atomic E-state index is 8.75. The summed E-state index contributed by atoms with van der Waals surface area (Å²) in [5.74, 6) is 0.161. The van der Waals surface area contributed by atoms with Gasteiger partial charge in [0.05, 0.1) is 0 Å². The zero-order valence-electron chi connectivity index (χ0n) is 11.2. The zero-order valence-corrected chi connectivity index (χ0v) is 11.2. The number of amidine groups is 1. The topological polar surface area (TPSA) is 70.6 Å². The Hall–Kier alpha value is -1.55. The van der Waals surface area contributed by atoms with E-state index in [4.69, 9.17) is 10.9 Å². The highest BCUT2D eigenvalue weighted by atomic mass is 16.4. The second-order valence-corrected chi connectivity index (χ2v) is 4.57. The van der Waals surface area contributed by atoms with Gasteiger partial charge in [-0.25, -0.2) is 0 Å². The van der Waals surface area contributed by atoms with Crippen molar-refractivity contribution in [2.75, 3.05) is 0 Å². The van der Waals surface area contributed by atoms with Gasteiger partial charge in [0.1, 0.15) is 0 Å². The summed E-state index contributed by atoms with van der Waals surface area (Å²) in [7, 11) is 0. The molecule has 1 unspecified atom stereocenters. The van der Waals surface area contributed by atoms with Crippen LogP contribution in [0.2, 0.25) is 0 Å². The zero-order chi connectivity index (χ0) is 13.4. The fourth-order valence-corrected chi connectivity index (χ4v) is 1.87. The van der Waals surface area contributed by atoms with Gasteiger partial charge in [-0.1, -0.05) is 49.2 Å². The molecule has 4 heteroatoms. The van der Waals surface area contributed by atoms with Gasteiger partial charge in [-0.05, 0) is 18.9 Å². The van der Waals surface area contributed by atoms with Crippen LogP contribution >= 0.6 is 0 Å². The van der Waals surface area contributed by atoms with Gasteiger partial charge in [0.15, 0.2) is 5.84 Å². The number of unbranched alkanes of at least 4 members (excludes halogenated alkanes) is 1. The van der Waals surface area contributed by atoms with Gasteiger partial charge in [0, 0.05) is 18.2 Å². The van der Waals surface area contributed by atoms with Crippen molar-refractivity contribution in [3.63, 3.8) is 0 Å². The van der Waals surface area contributed by atoms with E-state index < -0.39 is 0 Å². The first-order valence-electron chi connectivity index (χ1n) is 6.48. The van der Waals surface area contributed by atoms with Gasteiger partial charge < -0.3 is 16.3 Å². The minimum atomic E-state index is 0.161. The molecule has 0 heterocycles. The van der Waals surface area contributed by atoms with Gasteiger partial charge in [0.2, 0.25) is 0 Å². The highest BCUT2D eigenvalue weighted by Crippen LogP contribution is 2.09. The van der Waals surface area contributed by atoms with Crippen molar-refractivity contribution < 1.29 is 5.21 Å². The predicted molar refractivity (Wildman–Crippen MR) is 74.8 cm³/mol. The molecule has 0 saturated carbocycles. The summed E-state index contributed by atoms with van der Waals surface area (Å²) in [6, 6.07) is 8.18. The Kier molecular flexibility index (Phi) is 6.22. The number of hydrogen-bond donors (Lipinski definition) is 3. The molecular weight excluding hydrogens is 226 g/mol. The van der Waals surface area contributed by atoms with Gasteiger partial charge in [-0.2, -0.15) is 0 Å². The monoisotopic (exact) mass is 249 g/mol. The van der Waals surface area contributed by atoms with Crippen LogP contribution < -0.4 is 11.1 Å². The molecule has 0 aliphatic heterocycles. The van der Waals surface area contributed by atoms with Crippen molar-refractivity contribution in [2.24, 2.45) is 10.9 Å². The number of nitrogens with zero attached hydrogens (tertiary/aromatic N) is 1. The lowest BCUT2D eigenvalue weighted by Crippen LogP contribution is -2.27. The van der Waals surface area contributed by atoms with Crippen LogP contribution in [0.5, 0.6) is 0 Å². The number of benzene rings is 1. The van der Waals surface area contributed by atoms with Crippen molar-refractivity contribution >= 4 is 5.84 Å². The van der Waals surface area contributed by atoms with Crippen LogP contribution in [0.1, 0.15) is 44.2 Å². The maximum atomic E-state index is 8.75. The normalized spacial score (nSPS) is 13.6. The molecule has 0 aliphatic rings. The van der Waals surface area contributed by atoms with E-state index in [1.165, 1.54) is 19.3 Å². The Balaban J connectivity index is 2.62. The summed E-state index contributed by atoms with van der Waals surface area (Å²) >= 11 is 0. The Morgan fingerprint density at radius 3 is 2.83 bits per heavy atom. The Morgan fingerprint density at radius 2 is 2.17 bits per heavy atom. The first-order chi connectivity index (χ1) is 8.69. The third-order valence-corrected chi connectivity index (χ3v) is 3.03. The molecule has 0 bridgehead atoms. The van der Waals surface area contributed by atoms with Crippen LogP contribution in [0.15, 0.2) is 29.4 Å². The molecule has 0 aliphatic carbocycles. The highest BCUT2D eigenvalue weighted by Gasteiger charge is 2.07. The number of rotatable bonds is 7. The van der Waals surface area contributed by atoms with E-state index >= 15 is 0 Å². The molecule has 4 N–H and O–H groups in total. The third-order valence-electron chi connectivity index (χ3n) is 3.03. The molecule has 100 valence electrons. The lowest BCUT2D eigenvalue weighted by molar-refractivity contribution is 0.318. The lowest BCUT2D eigenvalue weighted by atomic mass is 10.1. The quantitative estimate of drug-likeness (QED) is 0.301. The summed E-state index contributed by atoms with van der Waals surface area (Å²) in [5.41, 5.74) is 7.49. The molecule has 1 rings (SSSR count). The smallest absolute Gasteiger partial charge is 0.170 e. The SMILES string of the molecule is CCCCC(C)NCc1ccccc1C(N)=NO. The molecule has 0 spiro atoms. The van der Waals surface area contributed by atoms with E-state index in [2.05, 4.69) is 24.3 Å². The van der Waals surface area contributed by atoms with Gasteiger partial charge in [-0.3, -0.25) is 0 Å². The van der Waals surface area contributed by atoms with Crippen molar-refractivity contribution in [3.05, 3.63) is 35.4 Å². The second-order valence-electron chi connectivity index (χ2n) is 4.57. The number of nitrogens with one attached hydrogen (secondary N) is 1. The second kappa shape index (κ2) is 7.71. The average Bonchev–Trinajstić information content (AvgIpc) is 2.42. The fourth-order valence-electron chi connectivity index (χ4n) is 1.87. The molecule has 18 heavy (non-hydrogen) atoms. The molecule has 0 saturated heterocycles. The first-order valence-corrected chi connectivity index (χ1v) is 6.48. The largest absolute Gasteiger partial charge is 0.409 e. The lowest BCUT2D eigenvalue weighted by Gasteiger charge is -2.15. The van der Waals surface area contributed by atoms with Crippen molar-refractivity contribution in [3.8, 4) is 0 Å². The number of oxime groups is 1. The van der Waals surface area contributed by atoms with Crippen LogP contribution in [0.4, 0.5) is 0 Å². The minimum absolute atomic E-state index is 0.161. The van der Waals surface area contributed by atoms with E-state index in [1.807, 2.05) is 24.3 Å². The highest BCUT2D eigenvalue weighted by molar-refractivity contribution is 5.98. The van der Waals surface area contributed by atoms with Crippen LogP contribution in [0.25, 0.3) is 0 Å². The molecule has 1 aromatic rings. The van der Waals surface area contributed by atoms with Gasteiger partial charge in [0.25, 0.3) is 0 Å². The molecule has 4 nitrogen and oxygen atoms in total. The van der Waals surface area contributed by atoms with Crippen LogP contribution in [0.3, 0.4) is 0 Å². The number of nitrogens with two attached hydrogens (primary N) is 1. The van der Waals surface area contributed by atoms with Gasteiger partial charge >= 0.3 is 0 Å². The molecule has 1 aromatic carbocycles. The van der Waals surface area contributed by atoms with Crippen molar-refractivity contribution in [1.29, 1.82) is 0 Å². The van der Waals surface area contributed by atoms with Crippen LogP contribution in [-0.4, -0.2) is 17.1 Å². The van der Waals surface area contributed by atoms with Crippen LogP contribution in [0, 0.1) is 0 Å². The minimum Gasteiger partial charge on any atom is -0.409 e. The van der Waals surface area contributed by atoms with Crippen molar-refractivity contribution in [2.45, 2.75) is 45.7 Å². The van der Waals surface area contributed by atoms with E-state index in [0.717, 1.165) is 17.7 Å². The molecule has 1 atom stereocenters. The summed E-state index contributed by atoms with van der Waals surface area (Å²) in [5, 5.41) is 15.3. The number of hydrogen-bond acceptors (Lipinski definition) is 3. The summed E-state index contributed by atoms with van der Waals surface area (Å²) < 4.78 is 0. The molecular formula is C14H23N3O. The first kappa shape index (κ1) is 14.5. The Labute approximate surface area is 109 Å². The van der Waals surface area contributed by atoms with E-state index in [9.17, 15) is 0 Å². The van der Waals surface area contributed by atoms with Gasteiger partial charge in [-0.15, -0.1) is 0 Å². The summed E-state index contributed by atoms with van der Waals surface area (Å²) in [6.45, 7) is 5.11. The van der Waals surface area contributed by atoms with E-state index in [-0.39, 0.29) is 5.84 Å².